The van der Waals surface area contributed by atoms with Crippen molar-refractivity contribution in [2.24, 2.45) is 0 Å². The molecule has 0 heterocycles. The predicted octanol–water partition coefficient (Wildman–Crippen LogP) is 4.60. The van der Waals surface area contributed by atoms with Crippen molar-refractivity contribution in [1.82, 2.24) is 0 Å². The molecule has 0 bridgehead atoms. The number of hydrogen-bond acceptors (Lipinski definition) is 2. The molecule has 0 saturated carbocycles. The lowest BCUT2D eigenvalue weighted by molar-refractivity contribution is 0.102. The number of para-hydroxylation sites is 1. The van der Waals surface area contributed by atoms with Crippen LogP contribution in [0.2, 0.25) is 10.0 Å². The molecule has 0 aromatic heterocycles. The number of halogens is 2. The molecule has 104 valence electrons. The average molecular weight is 309 g/mol. The number of amides is 1. The Morgan fingerprint density at radius 3 is 2.30 bits per heavy atom. The van der Waals surface area contributed by atoms with Gasteiger partial charge in [0, 0.05) is 18.3 Å². The molecule has 2 aromatic carbocycles. The van der Waals surface area contributed by atoms with Gasteiger partial charge in [-0.3, -0.25) is 4.79 Å². The molecule has 2 aromatic rings. The summed E-state index contributed by atoms with van der Waals surface area (Å²) in [4.78, 5) is 12.2. The summed E-state index contributed by atoms with van der Waals surface area (Å²) in [5.74, 6) is -0.245. The molecule has 2 rings (SSSR count). The quantitative estimate of drug-likeness (QED) is 0.870. The van der Waals surface area contributed by atoms with Gasteiger partial charge in [-0.2, -0.15) is 0 Å². The first kappa shape index (κ1) is 14.7. The summed E-state index contributed by atoms with van der Waals surface area (Å²) < 4.78 is 0. The molecule has 0 aliphatic heterocycles. The number of carbonyl (C=O) groups is 1. The fraction of sp³-hybridized carbons (Fsp3) is 0.133. The predicted molar refractivity (Wildman–Crippen MR) is 85.1 cm³/mol. The number of hydrogen-bond donors (Lipinski definition) is 2. The molecule has 0 aliphatic rings. The Bertz CT molecular complexity index is 636. The summed E-state index contributed by atoms with van der Waals surface area (Å²) in [7, 11) is 1.84. The van der Waals surface area contributed by atoms with Crippen LogP contribution in [0.4, 0.5) is 11.4 Å². The molecule has 1 amide bonds. The van der Waals surface area contributed by atoms with E-state index in [4.69, 9.17) is 23.2 Å². The smallest absolute Gasteiger partial charge is 0.255 e. The standard InChI is InChI=1S/C15H14Cl2N2O/c1-9-8-10(6-7-13(9)18-2)15(20)19-14-11(16)4-3-5-12(14)17/h3-8,18H,1-2H3,(H,19,20). The number of benzene rings is 2. The highest BCUT2D eigenvalue weighted by atomic mass is 35.5. The second-order valence-corrected chi connectivity index (χ2v) is 5.14. The van der Waals surface area contributed by atoms with Crippen LogP contribution in [-0.4, -0.2) is 13.0 Å². The maximum Gasteiger partial charge on any atom is 0.255 e. The van der Waals surface area contributed by atoms with Crippen molar-refractivity contribution in [3.05, 3.63) is 57.6 Å². The first-order chi connectivity index (χ1) is 9.52. The van der Waals surface area contributed by atoms with Crippen LogP contribution >= 0.6 is 23.2 Å². The fourth-order valence-corrected chi connectivity index (χ4v) is 2.38. The number of anilines is 2. The van der Waals surface area contributed by atoms with E-state index in [1.54, 1.807) is 24.3 Å². The van der Waals surface area contributed by atoms with Crippen LogP contribution in [0.15, 0.2) is 36.4 Å². The minimum Gasteiger partial charge on any atom is -0.388 e. The van der Waals surface area contributed by atoms with Gasteiger partial charge in [0.2, 0.25) is 0 Å². The molecule has 3 nitrogen and oxygen atoms in total. The Labute approximate surface area is 127 Å². The van der Waals surface area contributed by atoms with Gasteiger partial charge in [-0.15, -0.1) is 0 Å². The zero-order chi connectivity index (χ0) is 14.7. The van der Waals surface area contributed by atoms with Crippen molar-refractivity contribution in [3.63, 3.8) is 0 Å². The zero-order valence-corrected chi connectivity index (χ0v) is 12.6. The highest BCUT2D eigenvalue weighted by Gasteiger charge is 2.12. The van der Waals surface area contributed by atoms with Crippen LogP contribution in [0.3, 0.4) is 0 Å². The third-order valence-corrected chi connectivity index (χ3v) is 3.59. The molecule has 5 heteroatoms. The molecular formula is C15H14Cl2N2O. The van der Waals surface area contributed by atoms with E-state index >= 15 is 0 Å². The van der Waals surface area contributed by atoms with E-state index in [2.05, 4.69) is 10.6 Å². The van der Waals surface area contributed by atoms with Gasteiger partial charge >= 0.3 is 0 Å². The minimum absolute atomic E-state index is 0.245. The number of carbonyl (C=O) groups excluding carboxylic acids is 1. The molecule has 0 spiro atoms. The van der Waals surface area contributed by atoms with Crippen molar-refractivity contribution < 1.29 is 4.79 Å². The average Bonchev–Trinajstić information content (AvgIpc) is 2.42. The van der Waals surface area contributed by atoms with Crippen molar-refractivity contribution in [1.29, 1.82) is 0 Å². The topological polar surface area (TPSA) is 41.1 Å². The SMILES string of the molecule is CNc1ccc(C(=O)Nc2c(Cl)cccc2Cl)cc1C. The van der Waals surface area contributed by atoms with Crippen LogP contribution in [0, 0.1) is 6.92 Å². The molecule has 20 heavy (non-hydrogen) atoms. The van der Waals surface area contributed by atoms with Gasteiger partial charge < -0.3 is 10.6 Å². The van der Waals surface area contributed by atoms with E-state index < -0.39 is 0 Å². The van der Waals surface area contributed by atoms with E-state index in [0.717, 1.165) is 11.3 Å². The molecule has 0 saturated heterocycles. The fourth-order valence-electron chi connectivity index (χ4n) is 1.89. The summed E-state index contributed by atoms with van der Waals surface area (Å²) >= 11 is 12.1. The Morgan fingerprint density at radius 1 is 1.10 bits per heavy atom. The molecule has 0 unspecified atom stereocenters. The van der Waals surface area contributed by atoms with E-state index in [-0.39, 0.29) is 5.91 Å². The zero-order valence-electron chi connectivity index (χ0n) is 11.1. The van der Waals surface area contributed by atoms with Crippen LogP contribution in [0.1, 0.15) is 15.9 Å². The van der Waals surface area contributed by atoms with Crippen molar-refractivity contribution in [3.8, 4) is 0 Å². The summed E-state index contributed by atoms with van der Waals surface area (Å²) in [6.07, 6.45) is 0. The second kappa shape index (κ2) is 6.16. The number of nitrogens with one attached hydrogen (secondary N) is 2. The summed E-state index contributed by atoms with van der Waals surface area (Å²) in [6.45, 7) is 1.94. The van der Waals surface area contributed by atoms with Gasteiger partial charge in [0.25, 0.3) is 5.91 Å². The first-order valence-electron chi connectivity index (χ1n) is 6.06. The van der Waals surface area contributed by atoms with E-state index in [1.807, 2.05) is 26.1 Å². The lowest BCUT2D eigenvalue weighted by Gasteiger charge is -2.11. The monoisotopic (exact) mass is 308 g/mol. The Morgan fingerprint density at radius 2 is 1.75 bits per heavy atom. The maximum absolute atomic E-state index is 12.2. The van der Waals surface area contributed by atoms with Crippen LogP contribution in [0.25, 0.3) is 0 Å². The molecular weight excluding hydrogens is 295 g/mol. The summed E-state index contributed by atoms with van der Waals surface area (Å²) in [5.41, 5.74) is 2.95. The first-order valence-corrected chi connectivity index (χ1v) is 6.82. The lowest BCUT2D eigenvalue weighted by Crippen LogP contribution is -2.13. The summed E-state index contributed by atoms with van der Waals surface area (Å²) in [5, 5.41) is 6.61. The minimum atomic E-state index is -0.245. The van der Waals surface area contributed by atoms with E-state index in [1.165, 1.54) is 0 Å². The van der Waals surface area contributed by atoms with E-state index in [0.29, 0.717) is 21.3 Å². The van der Waals surface area contributed by atoms with Crippen molar-refractivity contribution in [2.75, 3.05) is 17.7 Å². The number of rotatable bonds is 3. The highest BCUT2D eigenvalue weighted by Crippen LogP contribution is 2.30. The largest absolute Gasteiger partial charge is 0.388 e. The Kier molecular flexibility index (Phi) is 4.53. The van der Waals surface area contributed by atoms with Crippen LogP contribution in [-0.2, 0) is 0 Å². The Hall–Kier alpha value is -1.71. The van der Waals surface area contributed by atoms with Gasteiger partial charge in [-0.25, -0.2) is 0 Å². The molecule has 0 fully saturated rings. The lowest BCUT2D eigenvalue weighted by atomic mass is 10.1. The normalized spacial score (nSPS) is 10.2. The van der Waals surface area contributed by atoms with E-state index in [9.17, 15) is 4.79 Å². The van der Waals surface area contributed by atoms with Gasteiger partial charge in [-0.1, -0.05) is 29.3 Å². The van der Waals surface area contributed by atoms with Crippen LogP contribution in [0.5, 0.6) is 0 Å². The second-order valence-electron chi connectivity index (χ2n) is 4.33. The van der Waals surface area contributed by atoms with Gasteiger partial charge in [0.05, 0.1) is 15.7 Å². The maximum atomic E-state index is 12.2. The summed E-state index contributed by atoms with van der Waals surface area (Å²) in [6, 6.07) is 10.5. The van der Waals surface area contributed by atoms with Crippen LogP contribution < -0.4 is 10.6 Å². The van der Waals surface area contributed by atoms with Crippen molar-refractivity contribution >= 4 is 40.5 Å². The number of aryl methyl sites for hydroxylation is 1. The van der Waals surface area contributed by atoms with Gasteiger partial charge in [0.1, 0.15) is 0 Å². The third kappa shape index (κ3) is 3.06. The Balaban J connectivity index is 2.26. The van der Waals surface area contributed by atoms with Gasteiger partial charge in [0.15, 0.2) is 0 Å². The third-order valence-electron chi connectivity index (χ3n) is 2.96. The highest BCUT2D eigenvalue weighted by molar-refractivity contribution is 6.40. The van der Waals surface area contributed by atoms with Gasteiger partial charge in [-0.05, 0) is 42.8 Å². The molecule has 0 aliphatic carbocycles. The molecule has 2 N–H and O–H groups in total. The molecule has 0 radical (unpaired) electrons. The molecule has 0 atom stereocenters. The van der Waals surface area contributed by atoms with Crippen molar-refractivity contribution in [2.45, 2.75) is 6.92 Å².